The molecule has 0 saturated carbocycles. The monoisotopic (exact) mass is 349 g/mol. The number of H-pyrrole nitrogens is 1. The lowest BCUT2D eigenvalue weighted by Crippen LogP contribution is -2.01. The van der Waals surface area contributed by atoms with Crippen molar-refractivity contribution in [2.24, 2.45) is 5.92 Å². The summed E-state index contributed by atoms with van der Waals surface area (Å²) in [6.45, 7) is 5.20. The first-order valence-corrected chi connectivity index (χ1v) is 10.1. The van der Waals surface area contributed by atoms with E-state index in [1.807, 2.05) is 6.07 Å². The van der Waals surface area contributed by atoms with E-state index in [0.29, 0.717) is 6.61 Å². The molecule has 0 aliphatic heterocycles. The maximum absolute atomic E-state index is 6.01. The highest BCUT2D eigenvalue weighted by Gasteiger charge is 2.10. The zero-order valence-corrected chi connectivity index (χ0v) is 16.1. The van der Waals surface area contributed by atoms with Crippen LogP contribution in [0.15, 0.2) is 54.7 Å². The summed E-state index contributed by atoms with van der Waals surface area (Å²) in [5.74, 6) is 1.80. The summed E-state index contributed by atoms with van der Waals surface area (Å²) in [7, 11) is 0. The molecule has 1 N–H and O–H groups in total. The van der Waals surface area contributed by atoms with Gasteiger partial charge in [-0.25, -0.2) is 0 Å². The van der Waals surface area contributed by atoms with Gasteiger partial charge in [-0.3, -0.25) is 0 Å². The van der Waals surface area contributed by atoms with Crippen molar-refractivity contribution in [1.29, 1.82) is 0 Å². The summed E-state index contributed by atoms with van der Waals surface area (Å²) in [5, 5.41) is 1.31. The zero-order chi connectivity index (χ0) is 18.2. The van der Waals surface area contributed by atoms with Gasteiger partial charge in [0.05, 0.1) is 0 Å². The van der Waals surface area contributed by atoms with Crippen molar-refractivity contribution in [3.05, 3.63) is 65.9 Å². The topological polar surface area (TPSA) is 25.0 Å². The third-order valence-corrected chi connectivity index (χ3v) is 5.20. The van der Waals surface area contributed by atoms with Gasteiger partial charge in [-0.15, -0.1) is 0 Å². The Morgan fingerprint density at radius 3 is 2.42 bits per heavy atom. The van der Waals surface area contributed by atoms with Crippen LogP contribution in [0.5, 0.6) is 5.75 Å². The summed E-state index contributed by atoms with van der Waals surface area (Å²) >= 11 is 0. The molecule has 0 bridgehead atoms. The van der Waals surface area contributed by atoms with Gasteiger partial charge in [-0.2, -0.15) is 0 Å². The molecule has 1 aromatic heterocycles. The number of nitrogens with one attached hydrogen (secondary N) is 1. The number of aromatic amines is 1. The Bertz CT molecular complexity index is 784. The first-order chi connectivity index (χ1) is 12.8. The lowest BCUT2D eigenvalue weighted by Gasteiger charge is -2.14. The molecule has 2 nitrogen and oxygen atoms in total. The lowest BCUT2D eigenvalue weighted by molar-refractivity contribution is 0.306. The van der Waals surface area contributed by atoms with Crippen molar-refractivity contribution in [2.75, 3.05) is 0 Å². The molecule has 0 spiro atoms. The van der Waals surface area contributed by atoms with Crippen LogP contribution in [0.1, 0.15) is 57.1 Å². The van der Waals surface area contributed by atoms with Crippen molar-refractivity contribution in [3.8, 4) is 5.75 Å². The minimum atomic E-state index is 0.612. The van der Waals surface area contributed by atoms with Crippen LogP contribution in [0.25, 0.3) is 10.9 Å². The number of hydrogen-bond acceptors (Lipinski definition) is 1. The van der Waals surface area contributed by atoms with E-state index in [1.54, 1.807) is 0 Å². The Morgan fingerprint density at radius 1 is 0.923 bits per heavy atom. The number of rotatable bonds is 10. The van der Waals surface area contributed by atoms with Gasteiger partial charge in [0, 0.05) is 17.1 Å². The number of benzene rings is 2. The van der Waals surface area contributed by atoms with Gasteiger partial charge in [0.2, 0.25) is 0 Å². The van der Waals surface area contributed by atoms with E-state index in [2.05, 4.69) is 67.5 Å². The van der Waals surface area contributed by atoms with Crippen molar-refractivity contribution >= 4 is 10.9 Å². The van der Waals surface area contributed by atoms with Gasteiger partial charge in [-0.1, -0.05) is 69.9 Å². The van der Waals surface area contributed by atoms with Crippen LogP contribution in [0, 0.1) is 5.92 Å². The molecule has 0 aliphatic carbocycles. The molecule has 0 aliphatic rings. The van der Waals surface area contributed by atoms with Crippen LogP contribution in [-0.2, 0) is 13.0 Å². The van der Waals surface area contributed by atoms with Crippen molar-refractivity contribution < 1.29 is 4.74 Å². The van der Waals surface area contributed by atoms with E-state index in [4.69, 9.17) is 4.74 Å². The molecule has 0 amide bonds. The Morgan fingerprint density at radius 2 is 1.69 bits per heavy atom. The fourth-order valence-electron chi connectivity index (χ4n) is 3.80. The van der Waals surface area contributed by atoms with Gasteiger partial charge < -0.3 is 9.72 Å². The molecule has 0 atom stereocenters. The van der Waals surface area contributed by atoms with Gasteiger partial charge in [0.1, 0.15) is 12.4 Å². The van der Waals surface area contributed by atoms with E-state index in [0.717, 1.165) is 18.1 Å². The summed E-state index contributed by atoms with van der Waals surface area (Å²) in [6, 6.07) is 16.7. The van der Waals surface area contributed by atoms with Crippen molar-refractivity contribution in [1.82, 2.24) is 4.98 Å². The second kappa shape index (κ2) is 9.47. The molecule has 2 aromatic carbocycles. The fraction of sp³-hybridized carbons (Fsp3) is 0.417. The number of hydrogen-bond donors (Lipinski definition) is 1. The van der Waals surface area contributed by atoms with Crippen LogP contribution >= 0.6 is 0 Å². The standard InChI is InChI=1S/C24H31NO/c1-3-8-19(9-4-2)12-13-21-17-25-24-15-14-22(16-23(21)24)26-18-20-10-6-5-7-11-20/h5-7,10-11,14-17,19,25H,3-4,8-9,12-13,18H2,1-2H3. The van der Waals surface area contributed by atoms with Crippen LogP contribution in [0.3, 0.4) is 0 Å². The average molecular weight is 350 g/mol. The van der Waals surface area contributed by atoms with Crippen LogP contribution in [0.2, 0.25) is 0 Å². The van der Waals surface area contributed by atoms with E-state index in [1.165, 1.54) is 54.1 Å². The maximum atomic E-state index is 6.01. The molecule has 0 fully saturated rings. The quantitative estimate of drug-likeness (QED) is 0.423. The Balaban J connectivity index is 1.67. The fourth-order valence-corrected chi connectivity index (χ4v) is 3.80. The first kappa shape index (κ1) is 18.6. The molecular weight excluding hydrogens is 318 g/mol. The number of aromatic nitrogens is 1. The second-order valence-corrected chi connectivity index (χ2v) is 7.28. The Labute approximate surface area is 157 Å². The van der Waals surface area contributed by atoms with Crippen LogP contribution in [-0.4, -0.2) is 4.98 Å². The maximum Gasteiger partial charge on any atom is 0.120 e. The van der Waals surface area contributed by atoms with E-state index < -0.39 is 0 Å². The molecule has 0 unspecified atom stereocenters. The van der Waals surface area contributed by atoms with E-state index in [9.17, 15) is 0 Å². The molecule has 3 rings (SSSR count). The van der Waals surface area contributed by atoms with Gasteiger partial charge >= 0.3 is 0 Å². The Kier molecular flexibility index (Phi) is 6.76. The molecule has 26 heavy (non-hydrogen) atoms. The predicted molar refractivity (Wildman–Crippen MR) is 111 cm³/mol. The van der Waals surface area contributed by atoms with Gasteiger partial charge in [-0.05, 0) is 48.1 Å². The van der Waals surface area contributed by atoms with E-state index in [-0.39, 0.29) is 0 Å². The highest BCUT2D eigenvalue weighted by molar-refractivity contribution is 5.84. The smallest absolute Gasteiger partial charge is 0.120 e. The largest absolute Gasteiger partial charge is 0.489 e. The predicted octanol–water partition coefficient (Wildman–Crippen LogP) is 6.90. The van der Waals surface area contributed by atoms with Gasteiger partial charge in [0.15, 0.2) is 0 Å². The minimum absolute atomic E-state index is 0.612. The summed E-state index contributed by atoms with van der Waals surface area (Å²) < 4.78 is 6.01. The molecular formula is C24H31NO. The third kappa shape index (κ3) is 4.91. The third-order valence-electron chi connectivity index (χ3n) is 5.20. The highest BCUT2D eigenvalue weighted by Crippen LogP contribution is 2.27. The molecule has 138 valence electrons. The second-order valence-electron chi connectivity index (χ2n) is 7.28. The SMILES string of the molecule is CCCC(CCC)CCc1c[nH]c2ccc(OCc3ccccc3)cc12. The minimum Gasteiger partial charge on any atom is -0.489 e. The van der Waals surface area contributed by atoms with E-state index >= 15 is 0 Å². The normalized spacial score (nSPS) is 11.3. The van der Waals surface area contributed by atoms with Crippen molar-refractivity contribution in [2.45, 2.75) is 59.0 Å². The van der Waals surface area contributed by atoms with Crippen LogP contribution in [0.4, 0.5) is 0 Å². The van der Waals surface area contributed by atoms with Crippen LogP contribution < -0.4 is 4.74 Å². The lowest BCUT2D eigenvalue weighted by atomic mass is 9.91. The summed E-state index contributed by atoms with van der Waals surface area (Å²) in [5.41, 5.74) is 3.82. The number of ether oxygens (including phenoxy) is 1. The molecule has 3 aromatic rings. The first-order valence-electron chi connectivity index (χ1n) is 10.1. The number of fused-ring (bicyclic) bond motifs is 1. The zero-order valence-electron chi connectivity index (χ0n) is 16.1. The summed E-state index contributed by atoms with van der Waals surface area (Å²) in [4.78, 5) is 3.42. The molecule has 2 heteroatoms. The highest BCUT2D eigenvalue weighted by atomic mass is 16.5. The average Bonchev–Trinajstić information content (AvgIpc) is 3.08. The summed E-state index contributed by atoms with van der Waals surface area (Å²) in [6.07, 6.45) is 9.88. The van der Waals surface area contributed by atoms with Crippen molar-refractivity contribution in [3.63, 3.8) is 0 Å². The number of aryl methyl sites for hydroxylation is 1. The molecule has 0 saturated heterocycles. The Hall–Kier alpha value is -2.22. The molecule has 1 heterocycles. The van der Waals surface area contributed by atoms with Gasteiger partial charge in [0.25, 0.3) is 0 Å². The molecule has 0 radical (unpaired) electrons.